The lowest BCUT2D eigenvalue weighted by Gasteiger charge is -2.32. The van der Waals surface area contributed by atoms with E-state index in [2.05, 4.69) is 50.7 Å². The summed E-state index contributed by atoms with van der Waals surface area (Å²) in [6.07, 6.45) is 1.78. The van der Waals surface area contributed by atoms with Gasteiger partial charge in [0.2, 0.25) is 0 Å². The lowest BCUT2D eigenvalue weighted by Crippen LogP contribution is -2.44. The zero-order chi connectivity index (χ0) is 19.8. The Bertz CT molecular complexity index is 727. The van der Waals surface area contributed by atoms with Gasteiger partial charge in [0.25, 0.3) is 0 Å². The summed E-state index contributed by atoms with van der Waals surface area (Å²) in [6, 6.07) is 10.3. The molecule has 0 amide bonds. The van der Waals surface area contributed by atoms with Crippen molar-refractivity contribution in [3.63, 3.8) is 0 Å². The maximum atomic E-state index is 10.5. The van der Waals surface area contributed by atoms with Gasteiger partial charge < -0.3 is 25.5 Å². The number of aliphatic hydroxyl groups is 1. The first-order valence-corrected chi connectivity index (χ1v) is 11.0. The number of likely N-dealkylation sites (N-methyl/N-ethyl adjacent to an activating group) is 1. The number of aliphatic imine (C=N–C) groups is 1. The van der Waals surface area contributed by atoms with Crippen LogP contribution in [-0.4, -0.2) is 80.8 Å². The molecular formula is C21H34IN5OS. The number of benzene rings is 1. The predicted molar refractivity (Wildman–Crippen MR) is 135 cm³/mol. The van der Waals surface area contributed by atoms with Gasteiger partial charge in [0.1, 0.15) is 6.10 Å². The van der Waals surface area contributed by atoms with Gasteiger partial charge >= 0.3 is 0 Å². The second-order valence-electron chi connectivity index (χ2n) is 7.43. The maximum absolute atomic E-state index is 10.5. The Morgan fingerprint density at radius 3 is 2.66 bits per heavy atom. The van der Waals surface area contributed by atoms with Gasteiger partial charge in [0, 0.05) is 55.9 Å². The lowest BCUT2D eigenvalue weighted by atomic mass is 10.2. The molecule has 0 radical (unpaired) electrons. The van der Waals surface area contributed by atoms with Crippen LogP contribution in [0.15, 0.2) is 35.3 Å². The van der Waals surface area contributed by atoms with Crippen molar-refractivity contribution in [3.05, 3.63) is 35.2 Å². The molecule has 2 heterocycles. The zero-order valence-corrected chi connectivity index (χ0v) is 20.6. The Morgan fingerprint density at radius 2 is 1.93 bits per heavy atom. The van der Waals surface area contributed by atoms with Gasteiger partial charge in [-0.15, -0.1) is 35.3 Å². The fraction of sp³-hybridized carbons (Fsp3) is 0.571. The smallest absolute Gasteiger partial charge is 0.191 e. The number of nitrogens with one attached hydrogen (secondary N) is 2. The molecule has 0 bridgehead atoms. The molecular weight excluding hydrogens is 497 g/mol. The number of hydrogen-bond donors (Lipinski definition) is 3. The van der Waals surface area contributed by atoms with Crippen LogP contribution in [0.4, 0.5) is 0 Å². The summed E-state index contributed by atoms with van der Waals surface area (Å²) in [5.41, 5.74) is 0. The molecule has 0 aliphatic carbocycles. The first-order valence-electron chi connectivity index (χ1n) is 10.2. The molecule has 0 spiro atoms. The van der Waals surface area contributed by atoms with Crippen LogP contribution in [0.1, 0.15) is 23.8 Å². The average molecular weight is 532 g/mol. The molecule has 162 valence electrons. The Morgan fingerprint density at radius 1 is 1.17 bits per heavy atom. The second kappa shape index (κ2) is 12.7. The molecule has 29 heavy (non-hydrogen) atoms. The monoisotopic (exact) mass is 531 g/mol. The molecule has 8 heteroatoms. The van der Waals surface area contributed by atoms with Crippen LogP contribution in [0.25, 0.3) is 10.1 Å². The molecule has 1 aliphatic rings. The van der Waals surface area contributed by atoms with Crippen molar-refractivity contribution in [3.8, 4) is 0 Å². The van der Waals surface area contributed by atoms with Gasteiger partial charge in [-0.25, -0.2) is 0 Å². The van der Waals surface area contributed by atoms with Crippen molar-refractivity contribution in [2.24, 2.45) is 4.99 Å². The van der Waals surface area contributed by atoms with Crippen molar-refractivity contribution in [2.75, 3.05) is 59.9 Å². The van der Waals surface area contributed by atoms with Gasteiger partial charge in [-0.05, 0) is 44.0 Å². The summed E-state index contributed by atoms with van der Waals surface area (Å²) in [6.45, 7) is 7.24. The number of halogens is 1. The summed E-state index contributed by atoms with van der Waals surface area (Å²) >= 11 is 1.64. The van der Waals surface area contributed by atoms with E-state index >= 15 is 0 Å². The van der Waals surface area contributed by atoms with E-state index in [0.717, 1.165) is 23.8 Å². The van der Waals surface area contributed by atoms with Gasteiger partial charge in [0.05, 0.1) is 0 Å². The minimum Gasteiger partial charge on any atom is -0.386 e. The molecule has 1 aromatic heterocycles. The van der Waals surface area contributed by atoms with Gasteiger partial charge in [-0.1, -0.05) is 18.2 Å². The van der Waals surface area contributed by atoms with E-state index in [9.17, 15) is 5.11 Å². The van der Waals surface area contributed by atoms with E-state index in [0.29, 0.717) is 6.54 Å². The van der Waals surface area contributed by atoms with Gasteiger partial charge in [0.15, 0.2) is 5.96 Å². The van der Waals surface area contributed by atoms with E-state index in [1.807, 2.05) is 12.1 Å². The fourth-order valence-electron chi connectivity index (χ4n) is 3.42. The molecule has 1 fully saturated rings. The fourth-order valence-corrected chi connectivity index (χ4v) is 4.47. The zero-order valence-electron chi connectivity index (χ0n) is 17.4. The standard InChI is InChI=1S/C21H33N5OS.HI/c1-22-21(23-9-5-6-10-26-13-11-25(2)12-14-26)24-16-18(27)20-15-17-7-3-4-8-19(17)28-20;/h3-4,7-8,15,18,27H,5-6,9-14,16H2,1-2H3,(H2,22,23,24);1H. The average Bonchev–Trinajstić information content (AvgIpc) is 3.15. The van der Waals surface area contributed by atoms with Crippen LogP contribution in [0, 0.1) is 0 Å². The van der Waals surface area contributed by atoms with Gasteiger partial charge in [-0.2, -0.15) is 0 Å². The lowest BCUT2D eigenvalue weighted by molar-refractivity contribution is 0.152. The first kappa shape index (κ1) is 24.3. The first-order chi connectivity index (χ1) is 13.7. The number of aliphatic hydroxyl groups excluding tert-OH is 1. The van der Waals surface area contributed by atoms with Crippen LogP contribution >= 0.6 is 35.3 Å². The minimum atomic E-state index is -0.534. The molecule has 1 unspecified atom stereocenters. The number of piperazine rings is 1. The molecule has 1 atom stereocenters. The predicted octanol–water partition coefficient (Wildman–Crippen LogP) is 2.75. The minimum absolute atomic E-state index is 0. The Hall–Kier alpha value is -0.940. The molecule has 1 aromatic carbocycles. The number of fused-ring (bicyclic) bond motifs is 1. The number of rotatable bonds is 8. The van der Waals surface area contributed by atoms with Gasteiger partial charge in [-0.3, -0.25) is 4.99 Å². The van der Waals surface area contributed by atoms with Crippen LogP contribution in [-0.2, 0) is 0 Å². The van der Waals surface area contributed by atoms with Crippen LogP contribution in [0.3, 0.4) is 0 Å². The Labute approximate surface area is 195 Å². The highest BCUT2D eigenvalue weighted by Crippen LogP contribution is 2.29. The highest BCUT2D eigenvalue weighted by Gasteiger charge is 2.13. The molecule has 6 nitrogen and oxygen atoms in total. The van der Waals surface area contributed by atoms with E-state index in [-0.39, 0.29) is 24.0 Å². The Balaban J connectivity index is 0.00000300. The topological polar surface area (TPSA) is 63.1 Å². The SMILES string of the molecule is CN=C(NCCCCN1CCN(C)CC1)NCC(O)c1cc2ccccc2s1.I. The summed E-state index contributed by atoms with van der Waals surface area (Å²) in [5.74, 6) is 0.750. The maximum Gasteiger partial charge on any atom is 0.191 e. The third-order valence-corrected chi connectivity index (χ3v) is 6.47. The highest BCUT2D eigenvalue weighted by molar-refractivity contribution is 14.0. The molecule has 3 rings (SSSR count). The largest absolute Gasteiger partial charge is 0.386 e. The van der Waals surface area contributed by atoms with Crippen molar-refractivity contribution < 1.29 is 5.11 Å². The third kappa shape index (κ3) is 7.67. The molecule has 2 aromatic rings. The third-order valence-electron chi connectivity index (χ3n) is 5.25. The Kier molecular flexibility index (Phi) is 10.6. The van der Waals surface area contributed by atoms with Crippen molar-refractivity contribution in [2.45, 2.75) is 18.9 Å². The van der Waals surface area contributed by atoms with E-state index in [4.69, 9.17) is 0 Å². The van der Waals surface area contributed by atoms with Crippen molar-refractivity contribution >= 4 is 51.4 Å². The normalized spacial score (nSPS) is 17.1. The molecule has 1 aliphatic heterocycles. The van der Waals surface area contributed by atoms with Crippen LogP contribution < -0.4 is 10.6 Å². The number of hydrogen-bond acceptors (Lipinski definition) is 5. The van der Waals surface area contributed by atoms with E-state index < -0.39 is 6.10 Å². The number of thiophene rings is 1. The number of nitrogens with zero attached hydrogens (tertiary/aromatic N) is 3. The van der Waals surface area contributed by atoms with Crippen LogP contribution in [0.5, 0.6) is 0 Å². The summed E-state index contributed by atoms with van der Waals surface area (Å²) in [5, 5.41) is 18.3. The number of guanidine groups is 1. The summed E-state index contributed by atoms with van der Waals surface area (Å²) in [7, 11) is 3.96. The summed E-state index contributed by atoms with van der Waals surface area (Å²) in [4.78, 5) is 10.2. The molecule has 0 saturated carbocycles. The van der Waals surface area contributed by atoms with Crippen molar-refractivity contribution in [1.82, 2.24) is 20.4 Å². The quantitative estimate of drug-likeness (QED) is 0.212. The van der Waals surface area contributed by atoms with E-state index in [1.54, 1.807) is 18.4 Å². The second-order valence-corrected chi connectivity index (χ2v) is 8.55. The summed E-state index contributed by atoms with van der Waals surface area (Å²) < 4.78 is 1.21. The van der Waals surface area contributed by atoms with Crippen LogP contribution in [0.2, 0.25) is 0 Å². The highest BCUT2D eigenvalue weighted by atomic mass is 127. The van der Waals surface area contributed by atoms with Crippen molar-refractivity contribution in [1.29, 1.82) is 0 Å². The molecule has 3 N–H and O–H groups in total. The molecule has 1 saturated heterocycles. The number of unbranched alkanes of at least 4 members (excludes halogenated alkanes) is 1. The van der Waals surface area contributed by atoms with E-state index in [1.165, 1.54) is 49.2 Å².